The van der Waals surface area contributed by atoms with Gasteiger partial charge in [-0.15, -0.1) is 0 Å². The zero-order valence-corrected chi connectivity index (χ0v) is 10.7. The summed E-state index contributed by atoms with van der Waals surface area (Å²) in [6.45, 7) is 2.24. The molecule has 2 aromatic rings. The van der Waals surface area contributed by atoms with Gasteiger partial charge in [-0.1, -0.05) is 48.0 Å². The molecule has 0 heterocycles. The molecule has 2 aromatic carbocycles. The highest BCUT2D eigenvalue weighted by atomic mass is 14.3. The molecule has 4 rings (SSSR count). The summed E-state index contributed by atoms with van der Waals surface area (Å²) in [7, 11) is 0. The van der Waals surface area contributed by atoms with E-state index in [2.05, 4.69) is 49.4 Å². The van der Waals surface area contributed by atoms with Gasteiger partial charge in [0, 0.05) is 0 Å². The Balaban J connectivity index is 2.00. The van der Waals surface area contributed by atoms with Gasteiger partial charge in [0.2, 0.25) is 0 Å². The van der Waals surface area contributed by atoms with Crippen molar-refractivity contribution in [1.29, 1.82) is 0 Å². The highest BCUT2D eigenvalue weighted by Gasteiger charge is 2.25. The molecule has 0 unspecified atom stereocenters. The number of benzene rings is 2. The summed E-state index contributed by atoms with van der Waals surface area (Å²) in [6, 6.07) is 13.3. The minimum atomic E-state index is 1.13. The molecule has 88 valence electrons. The fourth-order valence-electron chi connectivity index (χ4n) is 3.31. The Bertz CT molecular complexity index is 660. The Hall–Kier alpha value is -1.82. The van der Waals surface area contributed by atoms with Crippen molar-refractivity contribution in [1.82, 2.24) is 0 Å². The minimum absolute atomic E-state index is 1.13. The van der Waals surface area contributed by atoms with E-state index in [1.54, 1.807) is 16.7 Å². The fourth-order valence-corrected chi connectivity index (χ4v) is 3.31. The standard InChI is InChI=1S/C18H16/c1-12-9-15-11-14-7-8-16(14)18(17(15)10-12)13-5-3-2-4-6-13/h2-6,9,11H,7-8,10H2,1H3. The van der Waals surface area contributed by atoms with Crippen LogP contribution < -0.4 is 0 Å². The molecule has 0 nitrogen and oxygen atoms in total. The molecule has 0 N–H and O–H groups in total. The van der Waals surface area contributed by atoms with Crippen molar-refractivity contribution in [3.8, 4) is 11.1 Å². The first-order chi connectivity index (χ1) is 8.83. The molecular weight excluding hydrogens is 216 g/mol. The maximum Gasteiger partial charge on any atom is -0.00543 e. The molecule has 0 bridgehead atoms. The molecule has 18 heavy (non-hydrogen) atoms. The number of hydrogen-bond acceptors (Lipinski definition) is 0. The zero-order chi connectivity index (χ0) is 12.1. The van der Waals surface area contributed by atoms with Crippen molar-refractivity contribution >= 4 is 6.08 Å². The Labute approximate surface area is 108 Å². The van der Waals surface area contributed by atoms with Gasteiger partial charge in [-0.2, -0.15) is 0 Å². The van der Waals surface area contributed by atoms with Crippen LogP contribution >= 0.6 is 0 Å². The Morgan fingerprint density at radius 1 is 0.944 bits per heavy atom. The summed E-state index contributed by atoms with van der Waals surface area (Å²) in [4.78, 5) is 0. The highest BCUT2D eigenvalue weighted by Crippen LogP contribution is 2.42. The third-order valence-corrected chi connectivity index (χ3v) is 4.23. The second-order valence-electron chi connectivity index (χ2n) is 5.49. The van der Waals surface area contributed by atoms with Gasteiger partial charge in [0.15, 0.2) is 0 Å². The summed E-state index contributed by atoms with van der Waals surface area (Å²) >= 11 is 0. The van der Waals surface area contributed by atoms with Crippen LogP contribution in [0.1, 0.15) is 29.2 Å². The summed E-state index contributed by atoms with van der Waals surface area (Å²) < 4.78 is 0. The number of allylic oxidation sites excluding steroid dienone is 1. The molecule has 0 saturated carbocycles. The van der Waals surface area contributed by atoms with Gasteiger partial charge in [0.1, 0.15) is 0 Å². The molecule has 0 atom stereocenters. The van der Waals surface area contributed by atoms with E-state index in [1.165, 1.54) is 35.1 Å². The van der Waals surface area contributed by atoms with Crippen LogP contribution in [0, 0.1) is 0 Å². The molecule has 0 saturated heterocycles. The van der Waals surface area contributed by atoms with Crippen molar-refractivity contribution in [2.75, 3.05) is 0 Å². The summed E-state index contributed by atoms with van der Waals surface area (Å²) in [5.74, 6) is 0. The minimum Gasteiger partial charge on any atom is -0.0683 e. The van der Waals surface area contributed by atoms with Crippen LogP contribution in [-0.4, -0.2) is 0 Å². The zero-order valence-electron chi connectivity index (χ0n) is 10.7. The molecule has 0 aromatic heterocycles. The summed E-state index contributed by atoms with van der Waals surface area (Å²) in [6.07, 6.45) is 6.01. The van der Waals surface area contributed by atoms with Crippen LogP contribution in [0.4, 0.5) is 0 Å². The lowest BCUT2D eigenvalue weighted by atomic mass is 9.78. The predicted octanol–water partition coefficient (Wildman–Crippen LogP) is 4.41. The van der Waals surface area contributed by atoms with E-state index in [1.807, 2.05) is 0 Å². The Kier molecular flexibility index (Phi) is 2.02. The normalized spacial score (nSPS) is 15.7. The van der Waals surface area contributed by atoms with Crippen LogP contribution in [0.15, 0.2) is 42.0 Å². The number of hydrogen-bond donors (Lipinski definition) is 0. The predicted molar refractivity (Wildman–Crippen MR) is 76.6 cm³/mol. The average molecular weight is 232 g/mol. The van der Waals surface area contributed by atoms with Crippen LogP contribution in [-0.2, 0) is 19.3 Å². The summed E-state index contributed by atoms with van der Waals surface area (Å²) in [5, 5.41) is 0. The second kappa shape index (κ2) is 3.58. The smallest absolute Gasteiger partial charge is 0.00543 e. The lowest BCUT2D eigenvalue weighted by Crippen LogP contribution is -2.12. The Morgan fingerprint density at radius 2 is 1.78 bits per heavy atom. The first-order valence-corrected chi connectivity index (χ1v) is 6.73. The van der Waals surface area contributed by atoms with Gasteiger partial charge in [0.05, 0.1) is 0 Å². The summed E-state index contributed by atoms with van der Waals surface area (Å²) in [5.41, 5.74) is 10.6. The molecule has 2 aliphatic carbocycles. The first kappa shape index (κ1) is 10.1. The molecule has 0 amide bonds. The lowest BCUT2D eigenvalue weighted by Gasteiger charge is -2.26. The van der Waals surface area contributed by atoms with Gasteiger partial charge in [0.25, 0.3) is 0 Å². The molecule has 0 fully saturated rings. The molecule has 2 aliphatic rings. The first-order valence-electron chi connectivity index (χ1n) is 6.73. The van der Waals surface area contributed by atoms with Crippen molar-refractivity contribution in [2.45, 2.75) is 26.2 Å². The van der Waals surface area contributed by atoms with Gasteiger partial charge >= 0.3 is 0 Å². The topological polar surface area (TPSA) is 0 Å². The van der Waals surface area contributed by atoms with E-state index in [9.17, 15) is 0 Å². The quantitative estimate of drug-likeness (QED) is 0.683. The third-order valence-electron chi connectivity index (χ3n) is 4.23. The van der Waals surface area contributed by atoms with Crippen molar-refractivity contribution < 1.29 is 0 Å². The SMILES string of the molecule is CC1=Cc2cc3c(c(-c4ccccc4)c2C1)CC3. The van der Waals surface area contributed by atoms with E-state index in [0.29, 0.717) is 0 Å². The van der Waals surface area contributed by atoms with E-state index in [0.717, 1.165) is 6.42 Å². The van der Waals surface area contributed by atoms with E-state index >= 15 is 0 Å². The third kappa shape index (κ3) is 1.32. The molecular formula is C18H16. The van der Waals surface area contributed by atoms with Crippen LogP contribution in [0.5, 0.6) is 0 Å². The van der Waals surface area contributed by atoms with Crippen LogP contribution in [0.25, 0.3) is 17.2 Å². The van der Waals surface area contributed by atoms with E-state index in [4.69, 9.17) is 0 Å². The van der Waals surface area contributed by atoms with Crippen LogP contribution in [0.3, 0.4) is 0 Å². The second-order valence-corrected chi connectivity index (χ2v) is 5.49. The van der Waals surface area contributed by atoms with Crippen LogP contribution in [0.2, 0.25) is 0 Å². The van der Waals surface area contributed by atoms with Gasteiger partial charge in [-0.3, -0.25) is 0 Å². The molecule has 0 spiro atoms. The van der Waals surface area contributed by atoms with E-state index < -0.39 is 0 Å². The largest absolute Gasteiger partial charge is 0.0683 e. The number of aryl methyl sites for hydroxylation is 1. The van der Waals surface area contributed by atoms with Crippen molar-refractivity contribution in [3.63, 3.8) is 0 Å². The van der Waals surface area contributed by atoms with Gasteiger partial charge < -0.3 is 0 Å². The lowest BCUT2D eigenvalue weighted by molar-refractivity contribution is 0.838. The van der Waals surface area contributed by atoms with Crippen molar-refractivity contribution in [3.05, 3.63) is 64.2 Å². The maximum atomic E-state index is 2.41. The van der Waals surface area contributed by atoms with Crippen molar-refractivity contribution in [2.24, 2.45) is 0 Å². The fraction of sp³-hybridized carbons (Fsp3) is 0.222. The molecule has 0 heteroatoms. The number of rotatable bonds is 1. The Morgan fingerprint density at radius 3 is 2.50 bits per heavy atom. The molecule has 0 radical (unpaired) electrons. The molecule has 0 aliphatic heterocycles. The highest BCUT2D eigenvalue weighted by molar-refractivity contribution is 5.82. The van der Waals surface area contributed by atoms with Gasteiger partial charge in [-0.05, 0) is 59.6 Å². The van der Waals surface area contributed by atoms with Gasteiger partial charge in [-0.25, -0.2) is 0 Å². The average Bonchev–Trinajstić information content (AvgIpc) is 2.73. The monoisotopic (exact) mass is 232 g/mol. The maximum absolute atomic E-state index is 2.41. The van der Waals surface area contributed by atoms with E-state index in [-0.39, 0.29) is 0 Å². The number of fused-ring (bicyclic) bond motifs is 2.